The lowest BCUT2D eigenvalue weighted by molar-refractivity contribution is -0.132. The van der Waals surface area contributed by atoms with Crippen molar-refractivity contribution in [3.05, 3.63) is 12.7 Å². The SMILES string of the molecule is C=CC12CC3CCC(C1)N32. The molecule has 0 aromatic heterocycles. The van der Waals surface area contributed by atoms with Crippen molar-refractivity contribution in [2.75, 3.05) is 0 Å². The predicted molar refractivity (Wildman–Crippen MR) is 40.8 cm³/mol. The molecule has 0 N–H and O–H groups in total. The van der Waals surface area contributed by atoms with E-state index < -0.39 is 0 Å². The molecule has 0 amide bonds. The summed E-state index contributed by atoms with van der Waals surface area (Å²) in [5, 5.41) is 0. The topological polar surface area (TPSA) is 3.24 Å². The molecule has 0 aliphatic carbocycles. The van der Waals surface area contributed by atoms with E-state index in [0.717, 1.165) is 12.1 Å². The van der Waals surface area contributed by atoms with E-state index in [0.29, 0.717) is 5.54 Å². The molecule has 0 bridgehead atoms. The number of hydrogen-bond acceptors (Lipinski definition) is 1. The van der Waals surface area contributed by atoms with Crippen LogP contribution in [0.15, 0.2) is 12.7 Å². The van der Waals surface area contributed by atoms with E-state index in [1.165, 1.54) is 25.7 Å². The van der Waals surface area contributed by atoms with Gasteiger partial charge >= 0.3 is 0 Å². The van der Waals surface area contributed by atoms with Gasteiger partial charge < -0.3 is 0 Å². The lowest BCUT2D eigenvalue weighted by Crippen LogP contribution is -2.73. The minimum absolute atomic E-state index is 0.506. The maximum absolute atomic E-state index is 3.91. The molecule has 3 aliphatic rings. The first kappa shape index (κ1) is 5.36. The Bertz CT molecular complexity index is 183. The third kappa shape index (κ3) is 0.344. The standard InChI is InChI=1S/C9H13N/c1-2-9-5-7-3-4-8(6-9)10(7)9/h2,7-8H,1,3-6H2. The fraction of sp³-hybridized carbons (Fsp3) is 0.778. The summed E-state index contributed by atoms with van der Waals surface area (Å²) in [5.41, 5.74) is 0.506. The molecule has 3 aliphatic heterocycles. The second-order valence-corrected chi connectivity index (χ2v) is 4.01. The summed E-state index contributed by atoms with van der Waals surface area (Å²) in [6.07, 6.45) is 7.91. The highest BCUT2D eigenvalue weighted by molar-refractivity contribution is 5.27. The number of nitrogens with zero attached hydrogens (tertiary/aromatic N) is 1. The monoisotopic (exact) mass is 135 g/mol. The molecule has 3 rings (SSSR count). The zero-order valence-electron chi connectivity index (χ0n) is 6.21. The van der Waals surface area contributed by atoms with Gasteiger partial charge in [0.05, 0.1) is 0 Å². The molecule has 1 nitrogen and oxygen atoms in total. The van der Waals surface area contributed by atoms with E-state index in [4.69, 9.17) is 0 Å². The smallest absolute Gasteiger partial charge is 0.0424 e. The van der Waals surface area contributed by atoms with Crippen LogP contribution in [0.4, 0.5) is 0 Å². The van der Waals surface area contributed by atoms with E-state index in [2.05, 4.69) is 17.6 Å². The van der Waals surface area contributed by atoms with Crippen molar-refractivity contribution in [2.24, 2.45) is 0 Å². The van der Waals surface area contributed by atoms with Crippen LogP contribution in [-0.4, -0.2) is 22.5 Å². The Morgan fingerprint density at radius 2 is 1.90 bits per heavy atom. The second-order valence-electron chi connectivity index (χ2n) is 4.01. The molecule has 1 heteroatoms. The van der Waals surface area contributed by atoms with Crippen LogP contribution in [0.2, 0.25) is 0 Å². The minimum atomic E-state index is 0.506. The molecule has 0 aromatic carbocycles. The van der Waals surface area contributed by atoms with Gasteiger partial charge in [0.25, 0.3) is 0 Å². The summed E-state index contributed by atoms with van der Waals surface area (Å²) in [6.45, 7) is 3.91. The quantitative estimate of drug-likeness (QED) is 0.493. The van der Waals surface area contributed by atoms with Crippen molar-refractivity contribution >= 4 is 0 Å². The summed E-state index contributed by atoms with van der Waals surface area (Å²) >= 11 is 0. The summed E-state index contributed by atoms with van der Waals surface area (Å²) in [4.78, 5) is 2.68. The maximum Gasteiger partial charge on any atom is 0.0424 e. The van der Waals surface area contributed by atoms with Crippen LogP contribution in [0.25, 0.3) is 0 Å². The number of hydrogen-bond donors (Lipinski definition) is 0. The third-order valence-electron chi connectivity index (χ3n) is 3.69. The van der Waals surface area contributed by atoms with Crippen molar-refractivity contribution in [2.45, 2.75) is 43.3 Å². The van der Waals surface area contributed by atoms with Crippen LogP contribution in [0, 0.1) is 0 Å². The van der Waals surface area contributed by atoms with Crippen molar-refractivity contribution in [1.82, 2.24) is 4.90 Å². The Balaban J connectivity index is 1.95. The van der Waals surface area contributed by atoms with Gasteiger partial charge in [-0.1, -0.05) is 6.08 Å². The number of piperidine rings is 1. The molecule has 0 spiro atoms. The maximum atomic E-state index is 3.91. The van der Waals surface area contributed by atoms with Crippen molar-refractivity contribution in [3.63, 3.8) is 0 Å². The van der Waals surface area contributed by atoms with Crippen molar-refractivity contribution in [1.29, 1.82) is 0 Å². The number of rotatable bonds is 1. The highest BCUT2D eigenvalue weighted by Crippen LogP contribution is 2.58. The first-order chi connectivity index (χ1) is 4.86. The van der Waals surface area contributed by atoms with E-state index in [1.54, 1.807) is 0 Å². The molecular weight excluding hydrogens is 122 g/mol. The molecule has 3 heterocycles. The van der Waals surface area contributed by atoms with Gasteiger partial charge in [-0.25, -0.2) is 0 Å². The zero-order valence-corrected chi connectivity index (χ0v) is 6.21. The second kappa shape index (κ2) is 1.33. The van der Waals surface area contributed by atoms with Gasteiger partial charge in [-0.15, -0.1) is 6.58 Å². The van der Waals surface area contributed by atoms with Crippen LogP contribution >= 0.6 is 0 Å². The summed E-state index contributed by atoms with van der Waals surface area (Å²) < 4.78 is 0. The minimum Gasteiger partial charge on any atom is -0.288 e. The molecule has 10 heavy (non-hydrogen) atoms. The lowest BCUT2D eigenvalue weighted by Gasteiger charge is -2.65. The first-order valence-corrected chi connectivity index (χ1v) is 4.28. The lowest BCUT2D eigenvalue weighted by atomic mass is 9.68. The van der Waals surface area contributed by atoms with Gasteiger partial charge in [-0.3, -0.25) is 4.90 Å². The van der Waals surface area contributed by atoms with Gasteiger partial charge in [0.1, 0.15) is 0 Å². The normalized spacial score (nSPS) is 56.8. The molecule has 0 saturated carbocycles. The summed E-state index contributed by atoms with van der Waals surface area (Å²) in [6, 6.07) is 1.91. The van der Waals surface area contributed by atoms with E-state index in [1.807, 2.05) is 0 Å². The third-order valence-corrected chi connectivity index (χ3v) is 3.69. The Labute approximate surface area is 61.7 Å². The van der Waals surface area contributed by atoms with Gasteiger partial charge in [0, 0.05) is 17.6 Å². The van der Waals surface area contributed by atoms with Crippen LogP contribution < -0.4 is 0 Å². The average Bonchev–Trinajstić information content (AvgIpc) is 2.15. The Kier molecular flexibility index (Phi) is 0.713. The van der Waals surface area contributed by atoms with E-state index >= 15 is 0 Å². The summed E-state index contributed by atoms with van der Waals surface area (Å²) in [7, 11) is 0. The molecule has 2 unspecified atom stereocenters. The highest BCUT2D eigenvalue weighted by atomic mass is 15.4. The zero-order chi connectivity index (χ0) is 6.77. The van der Waals surface area contributed by atoms with Crippen LogP contribution in [0.3, 0.4) is 0 Å². The first-order valence-electron chi connectivity index (χ1n) is 4.28. The fourth-order valence-electron chi connectivity index (χ4n) is 3.25. The average molecular weight is 135 g/mol. The van der Waals surface area contributed by atoms with Gasteiger partial charge in [0.15, 0.2) is 0 Å². The Morgan fingerprint density at radius 3 is 2.40 bits per heavy atom. The molecule has 0 aromatic rings. The molecule has 3 fully saturated rings. The van der Waals surface area contributed by atoms with Crippen LogP contribution in [0.5, 0.6) is 0 Å². The predicted octanol–water partition coefficient (Wildman–Crippen LogP) is 1.55. The molecule has 0 radical (unpaired) electrons. The largest absolute Gasteiger partial charge is 0.288 e. The van der Waals surface area contributed by atoms with Gasteiger partial charge in [-0.2, -0.15) is 0 Å². The van der Waals surface area contributed by atoms with Gasteiger partial charge in [0.2, 0.25) is 0 Å². The Morgan fingerprint density at radius 1 is 1.30 bits per heavy atom. The Hall–Kier alpha value is -0.300. The van der Waals surface area contributed by atoms with Crippen LogP contribution in [-0.2, 0) is 0 Å². The highest BCUT2D eigenvalue weighted by Gasteiger charge is 2.63. The molecule has 2 atom stereocenters. The van der Waals surface area contributed by atoms with Crippen molar-refractivity contribution in [3.8, 4) is 0 Å². The molecule has 54 valence electrons. The van der Waals surface area contributed by atoms with Gasteiger partial charge in [-0.05, 0) is 25.7 Å². The molecule has 3 saturated heterocycles. The van der Waals surface area contributed by atoms with E-state index in [9.17, 15) is 0 Å². The van der Waals surface area contributed by atoms with Crippen molar-refractivity contribution < 1.29 is 0 Å². The summed E-state index contributed by atoms with van der Waals surface area (Å²) in [5.74, 6) is 0. The molecular formula is C9H13N. The fourth-order valence-corrected chi connectivity index (χ4v) is 3.25. The van der Waals surface area contributed by atoms with Crippen LogP contribution in [0.1, 0.15) is 25.7 Å². The van der Waals surface area contributed by atoms with E-state index in [-0.39, 0.29) is 0 Å².